The molecule has 0 unspecified atom stereocenters. The second-order valence-corrected chi connectivity index (χ2v) is 4.69. The van der Waals surface area contributed by atoms with Crippen molar-refractivity contribution in [1.29, 1.82) is 0 Å². The molecule has 2 rings (SSSR count). The highest BCUT2D eigenvalue weighted by atomic mass is 35.5. The summed E-state index contributed by atoms with van der Waals surface area (Å²) in [5, 5.41) is 3.38. The molecule has 0 spiro atoms. The smallest absolute Gasteiger partial charge is 0.0312 e. The third kappa shape index (κ3) is 7.09. The van der Waals surface area contributed by atoms with Gasteiger partial charge in [0.05, 0.1) is 0 Å². The van der Waals surface area contributed by atoms with Crippen LogP contribution in [0.25, 0.3) is 0 Å². The predicted octanol–water partition coefficient (Wildman–Crippen LogP) is 1.26. The van der Waals surface area contributed by atoms with Crippen molar-refractivity contribution in [3.8, 4) is 0 Å². The molecule has 0 atom stereocenters. The predicted molar refractivity (Wildman–Crippen MR) is 84.4 cm³/mol. The van der Waals surface area contributed by atoms with Crippen molar-refractivity contribution < 1.29 is 0 Å². The molecule has 0 amide bonds. The van der Waals surface area contributed by atoms with E-state index in [1.165, 1.54) is 25.2 Å². The molecule has 0 aromatic carbocycles. The van der Waals surface area contributed by atoms with Gasteiger partial charge in [0.2, 0.25) is 0 Å². The Kier molecular flexibility index (Phi) is 10.2. The van der Waals surface area contributed by atoms with Crippen molar-refractivity contribution in [2.24, 2.45) is 0 Å². The summed E-state index contributed by atoms with van der Waals surface area (Å²) in [4.78, 5) is 9.03. The molecule has 0 bridgehead atoms. The van der Waals surface area contributed by atoms with Crippen molar-refractivity contribution in [2.75, 3.05) is 46.3 Å². The fourth-order valence-electron chi connectivity index (χ4n) is 2.13. The van der Waals surface area contributed by atoms with Gasteiger partial charge in [-0.3, -0.25) is 9.88 Å². The summed E-state index contributed by atoms with van der Waals surface area (Å²) in [7, 11) is 2.18. The Morgan fingerprint density at radius 3 is 2.68 bits per heavy atom. The first-order chi connectivity index (χ1) is 8.34. The van der Waals surface area contributed by atoms with E-state index in [1.807, 2.05) is 18.5 Å². The number of nitrogens with zero attached hydrogens (tertiary/aromatic N) is 3. The molecule has 1 saturated heterocycles. The Labute approximate surface area is 128 Å². The second-order valence-electron chi connectivity index (χ2n) is 4.69. The van der Waals surface area contributed by atoms with Gasteiger partial charge in [-0.1, -0.05) is 6.07 Å². The van der Waals surface area contributed by atoms with Crippen LogP contribution >= 0.6 is 24.8 Å². The summed E-state index contributed by atoms with van der Waals surface area (Å²) in [6.07, 6.45) is 3.77. The minimum atomic E-state index is 0. The van der Waals surface area contributed by atoms with Crippen LogP contribution in [0.2, 0.25) is 0 Å². The summed E-state index contributed by atoms with van der Waals surface area (Å²) >= 11 is 0. The molecule has 4 nitrogen and oxygen atoms in total. The summed E-state index contributed by atoms with van der Waals surface area (Å²) in [5.74, 6) is 0. The Balaban J connectivity index is 0.00000162. The van der Waals surface area contributed by atoms with Gasteiger partial charge < -0.3 is 10.2 Å². The molecule has 0 radical (unpaired) electrons. The minimum Gasteiger partial charge on any atom is -0.314 e. The van der Waals surface area contributed by atoms with Gasteiger partial charge in [0, 0.05) is 58.2 Å². The molecule has 0 saturated carbocycles. The van der Waals surface area contributed by atoms with Crippen LogP contribution in [0.1, 0.15) is 5.56 Å². The largest absolute Gasteiger partial charge is 0.314 e. The summed E-state index contributed by atoms with van der Waals surface area (Å²) in [5.41, 5.74) is 1.29. The second kappa shape index (κ2) is 10.4. The summed E-state index contributed by atoms with van der Waals surface area (Å²) in [6.45, 7) is 7.90. The number of rotatable bonds is 5. The van der Waals surface area contributed by atoms with E-state index in [2.05, 4.69) is 33.2 Å². The molecule has 6 heteroatoms. The fraction of sp³-hybridized carbons (Fsp3) is 0.615. The minimum absolute atomic E-state index is 0. The maximum absolute atomic E-state index is 4.14. The van der Waals surface area contributed by atoms with Crippen molar-refractivity contribution in [2.45, 2.75) is 6.54 Å². The maximum Gasteiger partial charge on any atom is 0.0312 e. The molecule has 19 heavy (non-hydrogen) atoms. The van der Waals surface area contributed by atoms with Crippen LogP contribution in [-0.2, 0) is 6.54 Å². The standard InChI is InChI=1S/C13H22N4.2ClH/c1-16(12-13-3-2-4-15-11-13)9-10-17-7-5-14-6-8-17;;/h2-4,11,14H,5-10,12H2,1H3;2*1H. The Bertz CT molecular complexity index is 318. The molecule has 0 aliphatic carbocycles. The number of hydrogen-bond donors (Lipinski definition) is 1. The van der Waals surface area contributed by atoms with Crippen LogP contribution in [0.3, 0.4) is 0 Å². The monoisotopic (exact) mass is 306 g/mol. The number of piperazine rings is 1. The lowest BCUT2D eigenvalue weighted by Crippen LogP contribution is -2.45. The van der Waals surface area contributed by atoms with Crippen LogP contribution in [0.5, 0.6) is 0 Å². The van der Waals surface area contributed by atoms with Crippen molar-refractivity contribution in [3.63, 3.8) is 0 Å². The number of nitrogens with one attached hydrogen (secondary N) is 1. The van der Waals surface area contributed by atoms with Crippen molar-refractivity contribution in [3.05, 3.63) is 30.1 Å². The highest BCUT2D eigenvalue weighted by Crippen LogP contribution is 2.01. The quantitative estimate of drug-likeness (QED) is 0.887. The summed E-state index contributed by atoms with van der Waals surface area (Å²) < 4.78 is 0. The number of pyridine rings is 1. The zero-order chi connectivity index (χ0) is 11.9. The van der Waals surface area contributed by atoms with Gasteiger partial charge in [0.1, 0.15) is 0 Å². The van der Waals surface area contributed by atoms with Crippen LogP contribution in [0.15, 0.2) is 24.5 Å². The number of likely N-dealkylation sites (N-methyl/N-ethyl adjacent to an activating group) is 1. The van der Waals surface area contributed by atoms with Gasteiger partial charge in [-0.2, -0.15) is 0 Å². The van der Waals surface area contributed by atoms with E-state index >= 15 is 0 Å². The highest BCUT2D eigenvalue weighted by Gasteiger charge is 2.09. The first kappa shape index (κ1) is 18.6. The maximum atomic E-state index is 4.14. The van der Waals surface area contributed by atoms with Gasteiger partial charge in [-0.05, 0) is 18.7 Å². The molecular formula is C13H24Cl2N4. The molecule has 110 valence electrons. The zero-order valence-electron chi connectivity index (χ0n) is 11.4. The normalized spacial score (nSPS) is 15.7. The number of hydrogen-bond acceptors (Lipinski definition) is 4. The molecule has 1 aromatic rings. The van der Waals surface area contributed by atoms with Gasteiger partial charge in [0.25, 0.3) is 0 Å². The first-order valence-corrected chi connectivity index (χ1v) is 6.35. The van der Waals surface area contributed by atoms with Crippen LogP contribution in [-0.4, -0.2) is 61.1 Å². The SMILES string of the molecule is CN(CCN1CCNCC1)Cc1cccnc1.Cl.Cl. The van der Waals surface area contributed by atoms with E-state index < -0.39 is 0 Å². The van der Waals surface area contributed by atoms with Crippen molar-refractivity contribution >= 4 is 24.8 Å². The molecule has 2 heterocycles. The Morgan fingerprint density at radius 1 is 1.32 bits per heavy atom. The van der Waals surface area contributed by atoms with E-state index in [0.717, 1.165) is 26.2 Å². The zero-order valence-corrected chi connectivity index (χ0v) is 13.1. The van der Waals surface area contributed by atoms with E-state index in [9.17, 15) is 0 Å². The lowest BCUT2D eigenvalue weighted by atomic mass is 10.2. The molecule has 1 aliphatic rings. The Hall–Kier alpha value is -0.390. The number of aromatic nitrogens is 1. The fourth-order valence-corrected chi connectivity index (χ4v) is 2.13. The average molecular weight is 307 g/mol. The summed E-state index contributed by atoms with van der Waals surface area (Å²) in [6, 6.07) is 4.13. The van der Waals surface area contributed by atoms with Crippen molar-refractivity contribution in [1.82, 2.24) is 20.1 Å². The average Bonchev–Trinajstić information content (AvgIpc) is 2.39. The molecule has 1 aromatic heterocycles. The molecule has 1 fully saturated rings. The van der Waals surface area contributed by atoms with E-state index in [0.29, 0.717) is 0 Å². The van der Waals surface area contributed by atoms with E-state index in [1.54, 1.807) is 0 Å². The number of halogens is 2. The van der Waals surface area contributed by atoms with Crippen LogP contribution in [0.4, 0.5) is 0 Å². The molecule has 1 aliphatic heterocycles. The van der Waals surface area contributed by atoms with Gasteiger partial charge >= 0.3 is 0 Å². The van der Waals surface area contributed by atoms with E-state index in [-0.39, 0.29) is 24.8 Å². The van der Waals surface area contributed by atoms with Crippen LogP contribution < -0.4 is 5.32 Å². The lowest BCUT2D eigenvalue weighted by molar-refractivity contribution is 0.202. The van der Waals surface area contributed by atoms with E-state index in [4.69, 9.17) is 0 Å². The first-order valence-electron chi connectivity index (χ1n) is 6.35. The molecule has 1 N–H and O–H groups in total. The highest BCUT2D eigenvalue weighted by molar-refractivity contribution is 5.85. The Morgan fingerprint density at radius 2 is 2.05 bits per heavy atom. The third-order valence-electron chi connectivity index (χ3n) is 3.18. The van der Waals surface area contributed by atoms with Gasteiger partial charge in [-0.15, -0.1) is 24.8 Å². The van der Waals surface area contributed by atoms with Gasteiger partial charge in [-0.25, -0.2) is 0 Å². The van der Waals surface area contributed by atoms with Gasteiger partial charge in [0.15, 0.2) is 0 Å². The third-order valence-corrected chi connectivity index (χ3v) is 3.18. The van der Waals surface area contributed by atoms with Crippen LogP contribution in [0, 0.1) is 0 Å². The lowest BCUT2D eigenvalue weighted by Gasteiger charge is -2.29. The topological polar surface area (TPSA) is 31.4 Å². The molecular weight excluding hydrogens is 283 g/mol.